The smallest absolute Gasteiger partial charge is 0.405 e. The molecule has 0 saturated carbocycles. The van der Waals surface area contributed by atoms with Crippen LogP contribution in [-0.4, -0.2) is 32.8 Å². The number of alkyl halides is 3. The maximum Gasteiger partial charge on any atom is 0.405 e. The highest BCUT2D eigenvalue weighted by Crippen LogP contribution is 2.35. The van der Waals surface area contributed by atoms with Crippen molar-refractivity contribution in [3.63, 3.8) is 0 Å². The van der Waals surface area contributed by atoms with E-state index in [1.54, 1.807) is 5.32 Å². The maximum absolute atomic E-state index is 12.0. The first-order chi connectivity index (χ1) is 8.78. The minimum Gasteiger partial charge on any atom is -0.495 e. The molecule has 106 valence electrons. The summed E-state index contributed by atoms with van der Waals surface area (Å²) in [7, 11) is 2.74. The first kappa shape index (κ1) is 15.6. The van der Waals surface area contributed by atoms with Crippen LogP contribution < -0.4 is 14.8 Å². The molecule has 1 rings (SSSR count). The monoisotopic (exact) mass is 341 g/mol. The largest absolute Gasteiger partial charge is 0.495 e. The molecular weight excluding hydrogens is 331 g/mol. The van der Waals surface area contributed by atoms with E-state index in [1.165, 1.54) is 26.4 Å². The van der Waals surface area contributed by atoms with Gasteiger partial charge in [-0.2, -0.15) is 13.2 Å². The SMILES string of the molecule is COc1cc(C(=O)NCC(F)(F)F)cc(OC)c1Br. The summed E-state index contributed by atoms with van der Waals surface area (Å²) in [4.78, 5) is 11.6. The molecule has 1 amide bonds. The number of ether oxygens (including phenoxy) is 2. The van der Waals surface area contributed by atoms with E-state index >= 15 is 0 Å². The number of rotatable bonds is 4. The Balaban J connectivity index is 2.97. The van der Waals surface area contributed by atoms with Crippen LogP contribution in [0.15, 0.2) is 16.6 Å². The Bertz CT molecular complexity index is 452. The highest BCUT2D eigenvalue weighted by atomic mass is 79.9. The summed E-state index contributed by atoms with van der Waals surface area (Å²) in [5.41, 5.74) is 0.0150. The fourth-order valence-corrected chi connectivity index (χ4v) is 1.84. The van der Waals surface area contributed by atoms with Crippen LogP contribution in [0.25, 0.3) is 0 Å². The second-order valence-electron chi connectivity index (χ2n) is 3.49. The molecule has 4 nitrogen and oxygen atoms in total. The number of amides is 1. The number of hydrogen-bond donors (Lipinski definition) is 1. The van der Waals surface area contributed by atoms with Crippen LogP contribution in [-0.2, 0) is 0 Å². The van der Waals surface area contributed by atoms with Gasteiger partial charge in [0, 0.05) is 5.56 Å². The molecule has 0 aliphatic rings. The van der Waals surface area contributed by atoms with E-state index in [0.717, 1.165) is 0 Å². The molecule has 8 heteroatoms. The van der Waals surface area contributed by atoms with E-state index in [4.69, 9.17) is 9.47 Å². The average molecular weight is 342 g/mol. The second kappa shape index (κ2) is 6.14. The van der Waals surface area contributed by atoms with Gasteiger partial charge in [0.1, 0.15) is 22.5 Å². The van der Waals surface area contributed by atoms with Crippen molar-refractivity contribution in [2.75, 3.05) is 20.8 Å². The third kappa shape index (κ3) is 4.30. The average Bonchev–Trinajstić information content (AvgIpc) is 2.35. The Kier molecular flexibility index (Phi) is 5.04. The predicted octanol–water partition coefficient (Wildman–Crippen LogP) is 2.76. The molecule has 0 aliphatic heterocycles. The van der Waals surface area contributed by atoms with E-state index in [2.05, 4.69) is 15.9 Å². The number of benzene rings is 1. The molecule has 1 aromatic rings. The third-order valence-electron chi connectivity index (χ3n) is 2.16. The second-order valence-corrected chi connectivity index (χ2v) is 4.29. The fourth-order valence-electron chi connectivity index (χ4n) is 1.28. The van der Waals surface area contributed by atoms with Crippen LogP contribution in [0.1, 0.15) is 10.4 Å². The number of carbonyl (C=O) groups excluding carboxylic acids is 1. The molecule has 1 aromatic carbocycles. The fraction of sp³-hybridized carbons (Fsp3) is 0.364. The zero-order valence-electron chi connectivity index (χ0n) is 10.1. The van der Waals surface area contributed by atoms with Crippen LogP contribution in [0.4, 0.5) is 13.2 Å². The Labute approximate surface area is 116 Å². The first-order valence-corrected chi connectivity index (χ1v) is 5.84. The zero-order valence-corrected chi connectivity index (χ0v) is 11.7. The van der Waals surface area contributed by atoms with Gasteiger partial charge in [0.2, 0.25) is 0 Å². The lowest BCUT2D eigenvalue weighted by molar-refractivity contribution is -0.123. The van der Waals surface area contributed by atoms with Crippen molar-refractivity contribution >= 4 is 21.8 Å². The quantitative estimate of drug-likeness (QED) is 0.915. The van der Waals surface area contributed by atoms with Gasteiger partial charge in [-0.05, 0) is 28.1 Å². The number of halogens is 4. The van der Waals surface area contributed by atoms with E-state index < -0.39 is 18.6 Å². The molecule has 1 N–H and O–H groups in total. The number of nitrogens with one attached hydrogen (secondary N) is 1. The van der Waals surface area contributed by atoms with Crippen molar-refractivity contribution in [2.45, 2.75) is 6.18 Å². The minimum absolute atomic E-state index is 0.0150. The Morgan fingerprint density at radius 3 is 2.11 bits per heavy atom. The third-order valence-corrected chi connectivity index (χ3v) is 2.94. The molecule has 0 spiro atoms. The van der Waals surface area contributed by atoms with Gasteiger partial charge in [0.25, 0.3) is 5.91 Å². The predicted molar refractivity (Wildman–Crippen MR) is 65.6 cm³/mol. The summed E-state index contributed by atoms with van der Waals surface area (Å²) in [5, 5.41) is 1.77. The Hall–Kier alpha value is -1.44. The van der Waals surface area contributed by atoms with Gasteiger partial charge in [0.15, 0.2) is 0 Å². The van der Waals surface area contributed by atoms with Gasteiger partial charge in [-0.1, -0.05) is 0 Å². The lowest BCUT2D eigenvalue weighted by Gasteiger charge is -2.12. The van der Waals surface area contributed by atoms with Crippen LogP contribution in [0.5, 0.6) is 11.5 Å². The number of carbonyl (C=O) groups is 1. The normalized spacial score (nSPS) is 11.1. The first-order valence-electron chi connectivity index (χ1n) is 5.05. The maximum atomic E-state index is 12.0. The van der Waals surface area contributed by atoms with Gasteiger partial charge >= 0.3 is 6.18 Å². The number of methoxy groups -OCH3 is 2. The van der Waals surface area contributed by atoms with Crippen molar-refractivity contribution in [2.24, 2.45) is 0 Å². The Morgan fingerprint density at radius 2 is 1.74 bits per heavy atom. The van der Waals surface area contributed by atoms with E-state index in [-0.39, 0.29) is 17.1 Å². The van der Waals surface area contributed by atoms with Crippen molar-refractivity contribution in [3.8, 4) is 11.5 Å². The van der Waals surface area contributed by atoms with Crippen molar-refractivity contribution in [1.82, 2.24) is 5.32 Å². The highest BCUT2D eigenvalue weighted by Gasteiger charge is 2.28. The molecule has 0 bridgehead atoms. The van der Waals surface area contributed by atoms with Crippen molar-refractivity contribution in [3.05, 3.63) is 22.2 Å². The standard InChI is InChI=1S/C11H11BrF3NO3/c1-18-7-3-6(4-8(19-2)9(7)12)10(17)16-5-11(13,14)15/h3-4H,5H2,1-2H3,(H,16,17). The Morgan fingerprint density at radius 1 is 1.26 bits per heavy atom. The molecule has 19 heavy (non-hydrogen) atoms. The van der Waals surface area contributed by atoms with Gasteiger partial charge < -0.3 is 14.8 Å². The van der Waals surface area contributed by atoms with Gasteiger partial charge in [-0.25, -0.2) is 0 Å². The summed E-state index contributed by atoms with van der Waals surface area (Å²) in [5.74, 6) is -0.283. The molecule has 0 heterocycles. The molecule has 0 aliphatic carbocycles. The zero-order chi connectivity index (χ0) is 14.6. The summed E-state index contributed by atoms with van der Waals surface area (Å²) >= 11 is 3.19. The molecule has 0 unspecified atom stereocenters. The molecule has 0 fully saturated rings. The lowest BCUT2D eigenvalue weighted by Crippen LogP contribution is -2.33. The summed E-state index contributed by atoms with van der Waals surface area (Å²) < 4.78 is 46.5. The van der Waals surface area contributed by atoms with Crippen LogP contribution in [0, 0.1) is 0 Å². The minimum atomic E-state index is -4.46. The van der Waals surface area contributed by atoms with Crippen molar-refractivity contribution in [1.29, 1.82) is 0 Å². The molecule has 0 atom stereocenters. The van der Waals surface area contributed by atoms with Gasteiger partial charge in [-0.15, -0.1) is 0 Å². The highest BCUT2D eigenvalue weighted by molar-refractivity contribution is 9.10. The van der Waals surface area contributed by atoms with Crippen LogP contribution in [0.3, 0.4) is 0 Å². The molecule has 0 aromatic heterocycles. The summed E-state index contributed by atoms with van der Waals surface area (Å²) in [6, 6.07) is 2.64. The van der Waals surface area contributed by atoms with E-state index in [0.29, 0.717) is 4.47 Å². The topological polar surface area (TPSA) is 47.6 Å². The van der Waals surface area contributed by atoms with Crippen LogP contribution in [0.2, 0.25) is 0 Å². The summed E-state index contributed by atoms with van der Waals surface area (Å²) in [6.07, 6.45) is -4.46. The van der Waals surface area contributed by atoms with E-state index in [9.17, 15) is 18.0 Å². The van der Waals surface area contributed by atoms with E-state index in [1.807, 2.05) is 0 Å². The van der Waals surface area contributed by atoms with Gasteiger partial charge in [-0.3, -0.25) is 4.79 Å². The van der Waals surface area contributed by atoms with Crippen molar-refractivity contribution < 1.29 is 27.4 Å². The molecular formula is C11H11BrF3NO3. The lowest BCUT2D eigenvalue weighted by atomic mass is 10.2. The summed E-state index contributed by atoms with van der Waals surface area (Å²) in [6.45, 7) is -1.40. The molecule has 0 saturated heterocycles. The number of hydrogen-bond acceptors (Lipinski definition) is 3. The van der Waals surface area contributed by atoms with Crippen LogP contribution >= 0.6 is 15.9 Å². The molecule has 0 radical (unpaired) electrons. The van der Waals surface area contributed by atoms with Gasteiger partial charge in [0.05, 0.1) is 14.2 Å².